The minimum Gasteiger partial charge on any atom is -0.396 e. The van der Waals surface area contributed by atoms with Gasteiger partial charge in [0.15, 0.2) is 0 Å². The molecule has 4 N–H and O–H groups in total. The average molecular weight is 146 g/mol. The van der Waals surface area contributed by atoms with E-state index < -0.39 is 0 Å². The summed E-state index contributed by atoms with van der Waals surface area (Å²) in [5.41, 5.74) is 5.30. The molecule has 10 heavy (non-hydrogen) atoms. The summed E-state index contributed by atoms with van der Waals surface area (Å²) in [4.78, 5) is 0. The maximum absolute atomic E-state index is 8.41. The topological polar surface area (TPSA) is 58.3 Å². The number of nitrogens with one attached hydrogen (secondary N) is 1. The molecule has 0 aliphatic rings. The molecule has 0 heterocycles. The summed E-state index contributed by atoms with van der Waals surface area (Å²) in [7, 11) is 0. The SMILES string of the molecule is NCCCCNCCCO. The van der Waals surface area contributed by atoms with Gasteiger partial charge in [0.25, 0.3) is 0 Å². The van der Waals surface area contributed by atoms with Crippen LogP contribution in [0, 0.1) is 0 Å². The van der Waals surface area contributed by atoms with E-state index in [0.717, 1.165) is 38.9 Å². The Bertz CT molecular complexity index is 51.6. The lowest BCUT2D eigenvalue weighted by Gasteiger charge is -2.00. The molecule has 0 saturated heterocycles. The van der Waals surface area contributed by atoms with Gasteiger partial charge >= 0.3 is 0 Å². The van der Waals surface area contributed by atoms with Crippen LogP contribution in [0.15, 0.2) is 0 Å². The number of unbranched alkanes of at least 4 members (excludes halogenated alkanes) is 1. The molecule has 0 aromatic carbocycles. The molecule has 3 heteroatoms. The normalized spacial score (nSPS) is 10.2. The van der Waals surface area contributed by atoms with Crippen molar-refractivity contribution in [1.82, 2.24) is 5.32 Å². The molecule has 0 fully saturated rings. The van der Waals surface area contributed by atoms with E-state index in [1.54, 1.807) is 0 Å². The van der Waals surface area contributed by atoms with Crippen molar-refractivity contribution < 1.29 is 5.11 Å². The lowest BCUT2D eigenvalue weighted by Crippen LogP contribution is -2.18. The molecule has 0 unspecified atom stereocenters. The van der Waals surface area contributed by atoms with Crippen molar-refractivity contribution >= 4 is 0 Å². The maximum atomic E-state index is 8.41. The molecule has 0 spiro atoms. The first-order chi connectivity index (χ1) is 4.91. The molecule has 0 saturated carbocycles. The van der Waals surface area contributed by atoms with Gasteiger partial charge in [-0.1, -0.05) is 0 Å². The monoisotopic (exact) mass is 146 g/mol. The Labute approximate surface area is 62.6 Å². The van der Waals surface area contributed by atoms with E-state index in [2.05, 4.69) is 5.32 Å². The van der Waals surface area contributed by atoms with Crippen LogP contribution in [0.1, 0.15) is 19.3 Å². The van der Waals surface area contributed by atoms with Gasteiger partial charge in [-0.15, -0.1) is 0 Å². The fraction of sp³-hybridized carbons (Fsp3) is 1.00. The highest BCUT2D eigenvalue weighted by molar-refractivity contribution is 4.47. The predicted molar refractivity (Wildman–Crippen MR) is 42.9 cm³/mol. The molecule has 0 bridgehead atoms. The zero-order valence-corrected chi connectivity index (χ0v) is 6.47. The van der Waals surface area contributed by atoms with Crippen molar-refractivity contribution in [2.75, 3.05) is 26.2 Å². The minimum absolute atomic E-state index is 0.282. The molecular formula is C7H18N2O. The smallest absolute Gasteiger partial charge is 0.0443 e. The highest BCUT2D eigenvalue weighted by Gasteiger charge is 1.85. The molecule has 0 aromatic heterocycles. The largest absolute Gasteiger partial charge is 0.396 e. The molecule has 3 nitrogen and oxygen atoms in total. The van der Waals surface area contributed by atoms with Crippen LogP contribution in [-0.4, -0.2) is 31.3 Å². The zero-order valence-electron chi connectivity index (χ0n) is 6.47. The van der Waals surface area contributed by atoms with Crippen LogP contribution in [0.25, 0.3) is 0 Å². The Balaban J connectivity index is 2.65. The van der Waals surface area contributed by atoms with Gasteiger partial charge < -0.3 is 16.2 Å². The Hall–Kier alpha value is -0.120. The van der Waals surface area contributed by atoms with Gasteiger partial charge in [-0.3, -0.25) is 0 Å². The van der Waals surface area contributed by atoms with Gasteiger partial charge in [0.2, 0.25) is 0 Å². The van der Waals surface area contributed by atoms with E-state index in [4.69, 9.17) is 10.8 Å². The van der Waals surface area contributed by atoms with Gasteiger partial charge in [0.1, 0.15) is 0 Å². The van der Waals surface area contributed by atoms with Gasteiger partial charge in [-0.2, -0.15) is 0 Å². The average Bonchev–Trinajstić information content (AvgIpc) is 1.97. The Morgan fingerprint density at radius 1 is 1.10 bits per heavy atom. The fourth-order valence-corrected chi connectivity index (χ4v) is 0.723. The Morgan fingerprint density at radius 3 is 2.40 bits per heavy atom. The Kier molecular flexibility index (Phi) is 8.77. The van der Waals surface area contributed by atoms with Crippen molar-refractivity contribution in [1.29, 1.82) is 0 Å². The van der Waals surface area contributed by atoms with Gasteiger partial charge in [-0.25, -0.2) is 0 Å². The zero-order chi connectivity index (χ0) is 7.66. The van der Waals surface area contributed by atoms with Crippen molar-refractivity contribution in [2.45, 2.75) is 19.3 Å². The molecular weight excluding hydrogens is 128 g/mol. The van der Waals surface area contributed by atoms with Crippen molar-refractivity contribution in [3.63, 3.8) is 0 Å². The number of hydrogen-bond acceptors (Lipinski definition) is 3. The first-order valence-corrected chi connectivity index (χ1v) is 3.93. The number of rotatable bonds is 7. The third kappa shape index (κ3) is 7.88. The summed E-state index contributed by atoms with van der Waals surface area (Å²) in [6.07, 6.45) is 3.08. The lowest BCUT2D eigenvalue weighted by molar-refractivity contribution is 0.286. The quantitative estimate of drug-likeness (QED) is 0.432. The molecule has 0 aromatic rings. The highest BCUT2D eigenvalue weighted by atomic mass is 16.3. The van der Waals surface area contributed by atoms with Crippen LogP contribution in [0.5, 0.6) is 0 Å². The predicted octanol–water partition coefficient (Wildman–Crippen LogP) is -0.303. The van der Waals surface area contributed by atoms with E-state index >= 15 is 0 Å². The summed E-state index contributed by atoms with van der Waals surface area (Å²) in [6.45, 7) is 3.00. The van der Waals surface area contributed by atoms with E-state index in [1.807, 2.05) is 0 Å². The van der Waals surface area contributed by atoms with Gasteiger partial charge in [-0.05, 0) is 38.9 Å². The van der Waals surface area contributed by atoms with Crippen molar-refractivity contribution in [3.8, 4) is 0 Å². The minimum atomic E-state index is 0.282. The second kappa shape index (κ2) is 8.88. The maximum Gasteiger partial charge on any atom is 0.0443 e. The lowest BCUT2D eigenvalue weighted by atomic mass is 10.3. The van der Waals surface area contributed by atoms with Crippen LogP contribution in [0.2, 0.25) is 0 Å². The number of aliphatic hydroxyl groups is 1. The summed E-state index contributed by atoms with van der Waals surface area (Å²) in [6, 6.07) is 0. The third-order valence-electron chi connectivity index (χ3n) is 1.32. The summed E-state index contributed by atoms with van der Waals surface area (Å²) in [5, 5.41) is 11.6. The summed E-state index contributed by atoms with van der Waals surface area (Å²) >= 11 is 0. The van der Waals surface area contributed by atoms with Crippen LogP contribution in [0.3, 0.4) is 0 Å². The summed E-state index contributed by atoms with van der Waals surface area (Å²) < 4.78 is 0. The van der Waals surface area contributed by atoms with Crippen LogP contribution in [0.4, 0.5) is 0 Å². The molecule has 62 valence electrons. The molecule has 0 rings (SSSR count). The van der Waals surface area contributed by atoms with E-state index in [9.17, 15) is 0 Å². The van der Waals surface area contributed by atoms with Crippen LogP contribution >= 0.6 is 0 Å². The molecule has 0 atom stereocenters. The summed E-state index contributed by atoms with van der Waals surface area (Å²) in [5.74, 6) is 0. The fourth-order valence-electron chi connectivity index (χ4n) is 0.723. The van der Waals surface area contributed by atoms with E-state index in [0.29, 0.717) is 0 Å². The van der Waals surface area contributed by atoms with Gasteiger partial charge in [0.05, 0.1) is 0 Å². The van der Waals surface area contributed by atoms with Crippen molar-refractivity contribution in [2.24, 2.45) is 5.73 Å². The van der Waals surface area contributed by atoms with Crippen LogP contribution < -0.4 is 11.1 Å². The van der Waals surface area contributed by atoms with E-state index in [-0.39, 0.29) is 6.61 Å². The second-order valence-corrected chi connectivity index (χ2v) is 2.32. The van der Waals surface area contributed by atoms with Crippen molar-refractivity contribution in [3.05, 3.63) is 0 Å². The first-order valence-electron chi connectivity index (χ1n) is 3.93. The molecule has 0 amide bonds. The van der Waals surface area contributed by atoms with Crippen LogP contribution in [-0.2, 0) is 0 Å². The number of hydrogen-bond donors (Lipinski definition) is 3. The highest BCUT2D eigenvalue weighted by Crippen LogP contribution is 1.82. The number of aliphatic hydroxyl groups excluding tert-OH is 1. The molecule has 0 aliphatic heterocycles. The third-order valence-corrected chi connectivity index (χ3v) is 1.32. The molecule has 0 aliphatic carbocycles. The second-order valence-electron chi connectivity index (χ2n) is 2.32. The van der Waals surface area contributed by atoms with E-state index in [1.165, 1.54) is 0 Å². The standard InChI is InChI=1S/C7H18N2O/c8-4-1-2-5-9-6-3-7-10/h9-10H,1-8H2. The number of nitrogens with two attached hydrogens (primary N) is 1. The first kappa shape index (κ1) is 9.88. The Morgan fingerprint density at radius 2 is 1.80 bits per heavy atom. The molecule has 0 radical (unpaired) electrons. The van der Waals surface area contributed by atoms with Gasteiger partial charge in [0, 0.05) is 6.61 Å².